The third kappa shape index (κ3) is 4.18. The Hall–Kier alpha value is -3.96. The molecule has 0 spiro atoms. The van der Waals surface area contributed by atoms with Crippen LogP contribution in [0, 0.1) is 24.7 Å². The molecule has 0 N–H and O–H groups in total. The standard InChI is InChI=1S/C28H16Cl2O4/c1-5-17-11-25(33-15(3)31)27(21-9-7-19(29)13-23(17)21)28-22-10-8-20(30)14-24(22)18(6-2)12-26(28)34-16(4)32/h1-2,7-14H,3-4H3. The number of hydrogen-bond acceptors (Lipinski definition) is 4. The highest BCUT2D eigenvalue weighted by atomic mass is 35.5. The summed E-state index contributed by atoms with van der Waals surface area (Å²) in [6.07, 6.45) is 11.5. The van der Waals surface area contributed by atoms with Crippen LogP contribution in [0.5, 0.6) is 11.5 Å². The van der Waals surface area contributed by atoms with E-state index in [1.54, 1.807) is 48.5 Å². The fraction of sp³-hybridized carbons (Fsp3) is 0.0714. The number of fused-ring (bicyclic) bond motifs is 2. The van der Waals surface area contributed by atoms with Crippen LogP contribution in [0.15, 0.2) is 48.5 Å². The second kappa shape index (κ2) is 9.12. The number of esters is 2. The monoisotopic (exact) mass is 486 g/mol. The lowest BCUT2D eigenvalue weighted by atomic mass is 9.89. The molecule has 0 aliphatic heterocycles. The fourth-order valence-electron chi connectivity index (χ4n) is 3.97. The van der Waals surface area contributed by atoms with Crippen LogP contribution < -0.4 is 9.47 Å². The first kappa shape index (κ1) is 23.2. The van der Waals surface area contributed by atoms with Crippen molar-refractivity contribution in [3.8, 4) is 47.3 Å². The number of carbonyl (C=O) groups is 2. The third-order valence-corrected chi connectivity index (χ3v) is 5.66. The van der Waals surface area contributed by atoms with E-state index >= 15 is 0 Å². The summed E-state index contributed by atoms with van der Waals surface area (Å²) in [7, 11) is 0. The Morgan fingerprint density at radius 3 is 1.38 bits per heavy atom. The largest absolute Gasteiger partial charge is 0.426 e. The second-order valence-corrected chi connectivity index (χ2v) is 8.32. The van der Waals surface area contributed by atoms with Gasteiger partial charge in [-0.15, -0.1) is 12.8 Å². The summed E-state index contributed by atoms with van der Waals surface area (Å²) in [5.41, 5.74) is 1.96. The summed E-state index contributed by atoms with van der Waals surface area (Å²) in [5, 5.41) is 3.59. The molecule has 0 bridgehead atoms. The average Bonchev–Trinajstić information content (AvgIpc) is 2.78. The summed E-state index contributed by atoms with van der Waals surface area (Å²) >= 11 is 12.5. The van der Waals surface area contributed by atoms with Gasteiger partial charge < -0.3 is 9.47 Å². The maximum atomic E-state index is 12.0. The van der Waals surface area contributed by atoms with Crippen molar-refractivity contribution in [1.29, 1.82) is 0 Å². The van der Waals surface area contributed by atoms with Crippen molar-refractivity contribution in [2.24, 2.45) is 0 Å². The molecule has 4 nitrogen and oxygen atoms in total. The minimum absolute atomic E-state index is 0.202. The summed E-state index contributed by atoms with van der Waals surface area (Å²) in [4.78, 5) is 24.1. The Kier molecular flexibility index (Phi) is 6.22. The number of terminal acetylenes is 2. The van der Waals surface area contributed by atoms with E-state index in [0.29, 0.717) is 53.8 Å². The Morgan fingerprint density at radius 2 is 1.06 bits per heavy atom. The maximum Gasteiger partial charge on any atom is 0.308 e. The van der Waals surface area contributed by atoms with Crippen LogP contribution in [0.25, 0.3) is 32.7 Å². The molecule has 4 aromatic rings. The number of rotatable bonds is 3. The van der Waals surface area contributed by atoms with Crippen molar-refractivity contribution in [3.63, 3.8) is 0 Å². The summed E-state index contributed by atoms with van der Waals surface area (Å²) in [5.74, 6) is 4.56. The third-order valence-electron chi connectivity index (χ3n) is 5.19. The quantitative estimate of drug-likeness (QED) is 0.182. The number of halogens is 2. The first-order valence-electron chi connectivity index (χ1n) is 10.1. The maximum absolute atomic E-state index is 12.0. The first-order valence-corrected chi connectivity index (χ1v) is 10.8. The van der Waals surface area contributed by atoms with Gasteiger partial charge in [0.1, 0.15) is 11.5 Å². The van der Waals surface area contributed by atoms with E-state index in [1.165, 1.54) is 13.8 Å². The van der Waals surface area contributed by atoms with Gasteiger partial charge in [-0.3, -0.25) is 9.59 Å². The van der Waals surface area contributed by atoms with Crippen molar-refractivity contribution in [3.05, 3.63) is 69.7 Å². The summed E-state index contributed by atoms with van der Waals surface area (Å²) < 4.78 is 11.2. The van der Waals surface area contributed by atoms with Crippen LogP contribution in [0.4, 0.5) is 0 Å². The lowest BCUT2D eigenvalue weighted by molar-refractivity contribution is -0.132. The molecule has 0 aliphatic carbocycles. The average molecular weight is 487 g/mol. The molecule has 0 amide bonds. The Labute approximate surface area is 206 Å². The van der Waals surface area contributed by atoms with Crippen LogP contribution in [-0.2, 0) is 9.59 Å². The van der Waals surface area contributed by atoms with Crippen LogP contribution in [-0.4, -0.2) is 11.9 Å². The Bertz CT molecular complexity index is 1480. The van der Waals surface area contributed by atoms with Gasteiger partial charge >= 0.3 is 11.9 Å². The number of ether oxygens (including phenoxy) is 2. The number of benzene rings is 4. The first-order chi connectivity index (χ1) is 16.2. The molecule has 0 heterocycles. The van der Waals surface area contributed by atoms with E-state index in [2.05, 4.69) is 11.8 Å². The van der Waals surface area contributed by atoms with Crippen molar-refractivity contribution in [2.45, 2.75) is 13.8 Å². The van der Waals surface area contributed by atoms with E-state index in [9.17, 15) is 9.59 Å². The lowest BCUT2D eigenvalue weighted by Gasteiger charge is -2.20. The lowest BCUT2D eigenvalue weighted by Crippen LogP contribution is -2.07. The van der Waals surface area contributed by atoms with Gasteiger partial charge in [-0.1, -0.05) is 47.2 Å². The van der Waals surface area contributed by atoms with Crippen LogP contribution in [0.1, 0.15) is 25.0 Å². The van der Waals surface area contributed by atoms with Crippen molar-refractivity contribution >= 4 is 56.7 Å². The van der Waals surface area contributed by atoms with Crippen LogP contribution in [0.2, 0.25) is 10.0 Å². The minimum atomic E-state index is -0.542. The topological polar surface area (TPSA) is 52.6 Å². The van der Waals surface area contributed by atoms with E-state index in [1.807, 2.05) is 0 Å². The smallest absolute Gasteiger partial charge is 0.308 e. The Balaban J connectivity index is 2.28. The van der Waals surface area contributed by atoms with Gasteiger partial charge in [-0.25, -0.2) is 0 Å². The van der Waals surface area contributed by atoms with Crippen molar-refractivity contribution in [2.75, 3.05) is 0 Å². The van der Waals surface area contributed by atoms with Crippen LogP contribution >= 0.6 is 23.2 Å². The van der Waals surface area contributed by atoms with Gasteiger partial charge in [-0.2, -0.15) is 0 Å². The highest BCUT2D eigenvalue weighted by Crippen LogP contribution is 2.48. The SMILES string of the molecule is C#Cc1cc(OC(C)=O)c(-c2c(OC(C)=O)cc(C#C)c3cc(Cl)ccc23)c2ccc(Cl)cc12. The highest BCUT2D eigenvalue weighted by molar-refractivity contribution is 6.32. The normalized spacial score (nSPS) is 10.5. The number of hydrogen-bond donors (Lipinski definition) is 0. The molecule has 0 saturated heterocycles. The van der Waals surface area contributed by atoms with Crippen molar-refractivity contribution < 1.29 is 19.1 Å². The van der Waals surface area contributed by atoms with Gasteiger partial charge in [-0.05, 0) is 57.9 Å². The molecule has 0 radical (unpaired) electrons. The van der Waals surface area contributed by atoms with Gasteiger partial charge in [0, 0.05) is 46.1 Å². The molecule has 0 unspecified atom stereocenters. The predicted molar refractivity (Wildman–Crippen MR) is 135 cm³/mol. The molecule has 4 rings (SSSR count). The molecule has 166 valence electrons. The highest BCUT2D eigenvalue weighted by Gasteiger charge is 2.24. The molecule has 34 heavy (non-hydrogen) atoms. The van der Waals surface area contributed by atoms with E-state index < -0.39 is 11.9 Å². The van der Waals surface area contributed by atoms with Gasteiger partial charge in [0.2, 0.25) is 0 Å². The summed E-state index contributed by atoms with van der Waals surface area (Å²) in [6, 6.07) is 13.6. The van der Waals surface area contributed by atoms with Gasteiger partial charge in [0.15, 0.2) is 0 Å². The Morgan fingerprint density at radius 1 is 0.676 bits per heavy atom. The molecule has 0 aliphatic rings. The minimum Gasteiger partial charge on any atom is -0.426 e. The predicted octanol–water partition coefficient (Wildman–Crippen LogP) is 6.78. The number of carbonyl (C=O) groups excluding carboxylic acids is 2. The van der Waals surface area contributed by atoms with Gasteiger partial charge in [0.25, 0.3) is 0 Å². The van der Waals surface area contributed by atoms with E-state index in [4.69, 9.17) is 45.5 Å². The molecule has 6 heteroatoms. The molecule has 0 fully saturated rings. The summed E-state index contributed by atoms with van der Waals surface area (Å²) in [6.45, 7) is 2.58. The molecule has 0 aromatic heterocycles. The zero-order valence-electron chi connectivity index (χ0n) is 18.2. The van der Waals surface area contributed by atoms with E-state index in [0.717, 1.165) is 0 Å². The van der Waals surface area contributed by atoms with Crippen molar-refractivity contribution in [1.82, 2.24) is 0 Å². The zero-order valence-corrected chi connectivity index (χ0v) is 19.7. The molecule has 0 atom stereocenters. The molecular weight excluding hydrogens is 471 g/mol. The zero-order chi connectivity index (χ0) is 24.6. The molecule has 4 aromatic carbocycles. The van der Waals surface area contributed by atoms with Crippen LogP contribution in [0.3, 0.4) is 0 Å². The second-order valence-electron chi connectivity index (χ2n) is 7.45. The molecular formula is C28H16Cl2O4. The molecule has 0 saturated carbocycles. The fourth-order valence-corrected chi connectivity index (χ4v) is 4.31. The van der Waals surface area contributed by atoms with Gasteiger partial charge in [0.05, 0.1) is 0 Å². The van der Waals surface area contributed by atoms with E-state index in [-0.39, 0.29) is 11.5 Å².